The van der Waals surface area contributed by atoms with Gasteiger partial charge in [-0.25, -0.2) is 0 Å². The molecule has 0 unspecified atom stereocenters. The summed E-state index contributed by atoms with van der Waals surface area (Å²) >= 11 is 13.7. The van der Waals surface area contributed by atoms with Crippen molar-refractivity contribution >= 4 is 40.9 Å². The van der Waals surface area contributed by atoms with Gasteiger partial charge in [0.05, 0.1) is 21.7 Å². The average molecular weight is 523 g/mol. The minimum Gasteiger partial charge on any atom is -0.405 e. The third-order valence-corrected chi connectivity index (χ3v) is 8.12. The van der Waals surface area contributed by atoms with E-state index >= 15 is 0 Å². The maximum Gasteiger partial charge on any atom is 0.323 e. The number of carbonyl (C=O) groups is 1. The fourth-order valence-electron chi connectivity index (χ4n) is 4.61. The van der Waals surface area contributed by atoms with Crippen molar-refractivity contribution in [2.45, 2.75) is 47.8 Å². The molecule has 4 nitrogen and oxygen atoms in total. The van der Waals surface area contributed by atoms with Crippen LogP contribution in [0.15, 0.2) is 88.7 Å². The van der Waals surface area contributed by atoms with Crippen LogP contribution in [0.25, 0.3) is 5.69 Å². The normalized spacial score (nSPS) is 14.7. The Hall–Kier alpha value is -2.73. The van der Waals surface area contributed by atoms with E-state index in [4.69, 9.17) is 33.0 Å². The van der Waals surface area contributed by atoms with Gasteiger partial charge in [0.2, 0.25) is 5.88 Å². The molecule has 1 fully saturated rings. The lowest BCUT2D eigenvalue weighted by Gasteiger charge is -2.27. The highest BCUT2D eigenvalue weighted by atomic mass is 35.5. The second kappa shape index (κ2) is 10.1. The Kier molecular flexibility index (Phi) is 6.92. The second-order valence-corrected chi connectivity index (χ2v) is 10.7. The van der Waals surface area contributed by atoms with Gasteiger partial charge in [-0.2, -0.15) is 9.78 Å². The highest BCUT2D eigenvalue weighted by Crippen LogP contribution is 2.45. The smallest absolute Gasteiger partial charge is 0.323 e. The first-order chi connectivity index (χ1) is 17.0. The molecule has 7 heteroatoms. The molecule has 0 bridgehead atoms. The summed E-state index contributed by atoms with van der Waals surface area (Å²) < 4.78 is 8.02. The maximum atomic E-state index is 13.9. The van der Waals surface area contributed by atoms with Crippen LogP contribution in [0.4, 0.5) is 0 Å². The lowest BCUT2D eigenvalue weighted by Crippen LogP contribution is -2.37. The van der Waals surface area contributed by atoms with Crippen LogP contribution in [0, 0.1) is 6.92 Å². The van der Waals surface area contributed by atoms with E-state index in [9.17, 15) is 4.79 Å². The topological polar surface area (TPSA) is 44.1 Å². The molecule has 1 heterocycles. The zero-order valence-corrected chi connectivity index (χ0v) is 21.5. The number of esters is 1. The summed E-state index contributed by atoms with van der Waals surface area (Å²) in [6, 6.07) is 24.9. The molecule has 0 amide bonds. The average Bonchev–Trinajstić information content (AvgIpc) is 3.48. The third-order valence-electron chi connectivity index (χ3n) is 6.43. The summed E-state index contributed by atoms with van der Waals surface area (Å²) in [6.07, 6.45) is 3.43. The maximum absolute atomic E-state index is 13.9. The quantitative estimate of drug-likeness (QED) is 0.240. The SMILES string of the molecule is Cc1nn(-c2ccccc2)c(OC(=O)C2(c3ccc(Cl)cc3)CCCC2)c1Sc1ccc(Cl)cc1. The minimum atomic E-state index is -0.702. The van der Waals surface area contributed by atoms with Crippen molar-refractivity contribution in [2.24, 2.45) is 0 Å². The molecular formula is C28H24Cl2N2O2S. The van der Waals surface area contributed by atoms with Gasteiger partial charge in [-0.05, 0) is 73.9 Å². The molecular weight excluding hydrogens is 499 g/mol. The Balaban J connectivity index is 1.57. The van der Waals surface area contributed by atoms with Gasteiger partial charge >= 0.3 is 5.97 Å². The van der Waals surface area contributed by atoms with Crippen LogP contribution < -0.4 is 4.74 Å². The van der Waals surface area contributed by atoms with Crippen molar-refractivity contribution in [1.82, 2.24) is 9.78 Å². The summed E-state index contributed by atoms with van der Waals surface area (Å²) in [5, 5.41) is 6.07. The van der Waals surface area contributed by atoms with E-state index in [0.717, 1.165) is 52.4 Å². The van der Waals surface area contributed by atoms with Crippen molar-refractivity contribution in [3.63, 3.8) is 0 Å². The largest absolute Gasteiger partial charge is 0.405 e. The number of carbonyl (C=O) groups excluding carboxylic acids is 1. The molecule has 3 aromatic carbocycles. The van der Waals surface area contributed by atoms with Crippen LogP contribution in [0.1, 0.15) is 36.9 Å². The number of hydrogen-bond donors (Lipinski definition) is 0. The highest BCUT2D eigenvalue weighted by molar-refractivity contribution is 7.99. The number of halogens is 2. The molecule has 0 spiro atoms. The summed E-state index contributed by atoms with van der Waals surface area (Å²) in [7, 11) is 0. The van der Waals surface area contributed by atoms with Crippen molar-refractivity contribution in [1.29, 1.82) is 0 Å². The van der Waals surface area contributed by atoms with Crippen LogP contribution in [-0.2, 0) is 10.2 Å². The number of aryl methyl sites for hydroxylation is 1. The Morgan fingerprint density at radius 3 is 2.14 bits per heavy atom. The predicted molar refractivity (Wildman–Crippen MR) is 141 cm³/mol. The van der Waals surface area contributed by atoms with Gasteiger partial charge in [-0.3, -0.25) is 4.79 Å². The molecule has 1 aliphatic carbocycles. The number of aromatic nitrogens is 2. The molecule has 1 aromatic heterocycles. The van der Waals surface area contributed by atoms with E-state index in [-0.39, 0.29) is 5.97 Å². The van der Waals surface area contributed by atoms with Crippen molar-refractivity contribution in [2.75, 3.05) is 0 Å². The number of para-hydroxylation sites is 1. The number of rotatable bonds is 6. The number of ether oxygens (including phenoxy) is 1. The molecule has 0 aliphatic heterocycles. The van der Waals surface area contributed by atoms with E-state index in [1.807, 2.05) is 85.8 Å². The van der Waals surface area contributed by atoms with Gasteiger partial charge in [0, 0.05) is 14.9 Å². The zero-order valence-electron chi connectivity index (χ0n) is 19.2. The van der Waals surface area contributed by atoms with Crippen LogP contribution in [0.2, 0.25) is 10.0 Å². The van der Waals surface area contributed by atoms with Crippen molar-refractivity contribution in [3.8, 4) is 11.6 Å². The monoisotopic (exact) mass is 522 g/mol. The summed E-state index contributed by atoms with van der Waals surface area (Å²) in [6.45, 7) is 1.93. The molecule has 35 heavy (non-hydrogen) atoms. The number of benzene rings is 3. The Labute approximate surface area is 219 Å². The molecule has 178 valence electrons. The van der Waals surface area contributed by atoms with Gasteiger partial charge in [-0.1, -0.05) is 78.1 Å². The first-order valence-corrected chi connectivity index (χ1v) is 13.1. The minimum absolute atomic E-state index is 0.257. The predicted octanol–water partition coefficient (Wildman–Crippen LogP) is 8.06. The summed E-state index contributed by atoms with van der Waals surface area (Å²) in [4.78, 5) is 15.7. The van der Waals surface area contributed by atoms with Crippen LogP contribution >= 0.6 is 35.0 Å². The Morgan fingerprint density at radius 1 is 0.914 bits per heavy atom. The molecule has 1 saturated carbocycles. The first kappa shape index (κ1) is 24.0. The Bertz CT molecular complexity index is 1330. The first-order valence-electron chi connectivity index (χ1n) is 11.5. The zero-order chi connectivity index (χ0) is 24.4. The molecule has 5 rings (SSSR count). The molecule has 4 aromatic rings. The molecule has 0 radical (unpaired) electrons. The van der Waals surface area contributed by atoms with Crippen LogP contribution in [0.5, 0.6) is 5.88 Å². The standard InChI is InChI=1S/C28H24Cl2N2O2S/c1-19-25(35-24-15-13-22(30)14-16-24)26(32(31-19)23-7-3-2-4-8-23)34-27(33)28(17-5-6-18-28)20-9-11-21(29)12-10-20/h2-4,7-16H,5-6,17-18H2,1H3. The number of nitrogens with zero attached hydrogens (tertiary/aromatic N) is 2. The van der Waals surface area contributed by atoms with Gasteiger partial charge in [0.15, 0.2) is 0 Å². The lowest BCUT2D eigenvalue weighted by atomic mass is 9.79. The second-order valence-electron chi connectivity index (χ2n) is 8.71. The lowest BCUT2D eigenvalue weighted by molar-refractivity contribution is -0.141. The summed E-state index contributed by atoms with van der Waals surface area (Å²) in [5.41, 5.74) is 1.85. The van der Waals surface area contributed by atoms with E-state index in [0.29, 0.717) is 15.9 Å². The highest BCUT2D eigenvalue weighted by Gasteiger charge is 2.45. The number of hydrogen-bond acceptors (Lipinski definition) is 4. The Morgan fingerprint density at radius 2 is 1.51 bits per heavy atom. The fraction of sp³-hybridized carbons (Fsp3) is 0.214. The van der Waals surface area contributed by atoms with Crippen LogP contribution in [0.3, 0.4) is 0 Å². The van der Waals surface area contributed by atoms with Crippen LogP contribution in [-0.4, -0.2) is 15.7 Å². The van der Waals surface area contributed by atoms with Gasteiger partial charge in [-0.15, -0.1) is 0 Å². The fourth-order valence-corrected chi connectivity index (χ4v) is 5.77. The molecule has 0 N–H and O–H groups in total. The third kappa shape index (κ3) is 4.86. The van der Waals surface area contributed by atoms with E-state index < -0.39 is 5.41 Å². The van der Waals surface area contributed by atoms with Gasteiger partial charge < -0.3 is 4.74 Å². The van der Waals surface area contributed by atoms with E-state index in [1.165, 1.54) is 11.8 Å². The molecule has 0 saturated heterocycles. The molecule has 1 aliphatic rings. The summed E-state index contributed by atoms with van der Waals surface area (Å²) in [5.74, 6) is 0.172. The van der Waals surface area contributed by atoms with E-state index in [1.54, 1.807) is 4.68 Å². The van der Waals surface area contributed by atoms with Gasteiger partial charge in [0.25, 0.3) is 0 Å². The van der Waals surface area contributed by atoms with Gasteiger partial charge in [0.1, 0.15) is 0 Å². The van der Waals surface area contributed by atoms with Crippen molar-refractivity contribution < 1.29 is 9.53 Å². The van der Waals surface area contributed by atoms with Crippen molar-refractivity contribution in [3.05, 3.63) is 100 Å². The van der Waals surface area contributed by atoms with E-state index in [2.05, 4.69) is 0 Å². The molecule has 0 atom stereocenters.